The fourth-order valence-electron chi connectivity index (χ4n) is 2.42. The lowest BCUT2D eigenvalue weighted by molar-refractivity contribution is -0.138. The molecule has 0 bridgehead atoms. The van der Waals surface area contributed by atoms with Crippen LogP contribution >= 0.6 is 0 Å². The lowest BCUT2D eigenvalue weighted by Gasteiger charge is -2.29. The lowest BCUT2D eigenvalue weighted by atomic mass is 10.0. The number of hydrogen-bond acceptors (Lipinski definition) is 4. The molecule has 5 nitrogen and oxygen atoms in total. The van der Waals surface area contributed by atoms with E-state index in [-0.39, 0.29) is 19.1 Å². The van der Waals surface area contributed by atoms with E-state index in [0.717, 1.165) is 17.9 Å². The molecule has 118 valence electrons. The fourth-order valence-corrected chi connectivity index (χ4v) is 2.42. The van der Waals surface area contributed by atoms with Crippen molar-refractivity contribution in [2.45, 2.75) is 32.7 Å². The summed E-state index contributed by atoms with van der Waals surface area (Å²) in [5, 5.41) is 18.2. The number of aliphatic carboxylic acids is 1. The van der Waals surface area contributed by atoms with Gasteiger partial charge in [-0.3, -0.25) is 9.69 Å². The van der Waals surface area contributed by atoms with Crippen molar-refractivity contribution >= 4 is 5.97 Å². The van der Waals surface area contributed by atoms with Gasteiger partial charge in [-0.05, 0) is 37.6 Å². The Morgan fingerprint density at radius 2 is 1.95 bits per heavy atom. The molecule has 1 aromatic rings. The third-order valence-corrected chi connectivity index (χ3v) is 3.43. The normalized spacial score (nSPS) is 12.4. The maximum absolute atomic E-state index is 11.1. The second-order valence-corrected chi connectivity index (χ2v) is 4.88. The van der Waals surface area contributed by atoms with Crippen molar-refractivity contribution in [1.82, 2.24) is 4.90 Å². The zero-order valence-corrected chi connectivity index (χ0v) is 12.8. The SMILES string of the molecule is CCOc1ccc(CC(CC(=O)O)N(CC)CCO)cc1. The molecule has 1 atom stereocenters. The van der Waals surface area contributed by atoms with Gasteiger partial charge >= 0.3 is 5.97 Å². The summed E-state index contributed by atoms with van der Waals surface area (Å²) in [6.45, 7) is 5.78. The Morgan fingerprint density at radius 1 is 1.29 bits per heavy atom. The molecule has 0 saturated heterocycles. The highest BCUT2D eigenvalue weighted by Crippen LogP contribution is 2.16. The number of nitrogens with zero attached hydrogens (tertiary/aromatic N) is 1. The second kappa shape index (κ2) is 9.37. The molecule has 0 aliphatic rings. The number of rotatable bonds is 10. The van der Waals surface area contributed by atoms with Crippen LogP contribution in [0.3, 0.4) is 0 Å². The van der Waals surface area contributed by atoms with E-state index in [1.165, 1.54) is 0 Å². The fraction of sp³-hybridized carbons (Fsp3) is 0.562. The Kier molecular flexibility index (Phi) is 7.79. The zero-order valence-electron chi connectivity index (χ0n) is 12.8. The Balaban J connectivity index is 2.76. The largest absolute Gasteiger partial charge is 0.494 e. The zero-order chi connectivity index (χ0) is 15.7. The Labute approximate surface area is 126 Å². The van der Waals surface area contributed by atoms with E-state index in [9.17, 15) is 4.79 Å². The summed E-state index contributed by atoms with van der Waals surface area (Å²) in [5.41, 5.74) is 1.07. The molecule has 0 saturated carbocycles. The van der Waals surface area contributed by atoms with Crippen LogP contribution in [0.25, 0.3) is 0 Å². The number of aliphatic hydroxyl groups is 1. The minimum Gasteiger partial charge on any atom is -0.494 e. The molecule has 1 rings (SSSR count). The molecule has 0 aliphatic carbocycles. The molecular weight excluding hydrogens is 270 g/mol. The van der Waals surface area contributed by atoms with E-state index < -0.39 is 5.97 Å². The molecule has 0 amide bonds. The highest BCUT2D eigenvalue weighted by Gasteiger charge is 2.20. The molecule has 1 unspecified atom stereocenters. The van der Waals surface area contributed by atoms with Gasteiger partial charge in [0.25, 0.3) is 0 Å². The topological polar surface area (TPSA) is 70.0 Å². The van der Waals surface area contributed by atoms with Crippen molar-refractivity contribution in [3.63, 3.8) is 0 Å². The molecule has 1 aromatic carbocycles. The first kappa shape index (κ1) is 17.5. The summed E-state index contributed by atoms with van der Waals surface area (Å²) in [4.78, 5) is 13.1. The number of ether oxygens (including phenoxy) is 1. The average molecular weight is 295 g/mol. The summed E-state index contributed by atoms with van der Waals surface area (Å²) >= 11 is 0. The first-order chi connectivity index (χ1) is 10.1. The third kappa shape index (κ3) is 6.14. The van der Waals surface area contributed by atoms with Crippen LogP contribution < -0.4 is 4.74 Å². The van der Waals surface area contributed by atoms with Gasteiger partial charge in [-0.15, -0.1) is 0 Å². The number of hydrogen-bond donors (Lipinski definition) is 2. The van der Waals surface area contributed by atoms with Gasteiger partial charge in [-0.1, -0.05) is 19.1 Å². The number of likely N-dealkylation sites (N-methyl/N-ethyl adjacent to an activating group) is 1. The lowest BCUT2D eigenvalue weighted by Crippen LogP contribution is -2.40. The molecule has 5 heteroatoms. The summed E-state index contributed by atoms with van der Waals surface area (Å²) in [5.74, 6) is 0.000988. The molecule has 0 radical (unpaired) electrons. The minimum atomic E-state index is -0.817. The van der Waals surface area contributed by atoms with Gasteiger partial charge in [0, 0.05) is 12.6 Å². The first-order valence-corrected chi connectivity index (χ1v) is 7.39. The van der Waals surface area contributed by atoms with E-state index in [2.05, 4.69) is 0 Å². The molecule has 0 aliphatic heterocycles. The van der Waals surface area contributed by atoms with Crippen molar-refractivity contribution in [2.75, 3.05) is 26.3 Å². The van der Waals surface area contributed by atoms with E-state index >= 15 is 0 Å². The molecule has 0 heterocycles. The summed E-state index contributed by atoms with van der Waals surface area (Å²) < 4.78 is 5.40. The van der Waals surface area contributed by atoms with Crippen LogP contribution in [0.1, 0.15) is 25.8 Å². The highest BCUT2D eigenvalue weighted by molar-refractivity contribution is 5.67. The number of aliphatic hydroxyl groups excluding tert-OH is 1. The van der Waals surface area contributed by atoms with Crippen molar-refractivity contribution in [3.05, 3.63) is 29.8 Å². The first-order valence-electron chi connectivity index (χ1n) is 7.39. The van der Waals surface area contributed by atoms with Gasteiger partial charge in [0.1, 0.15) is 5.75 Å². The van der Waals surface area contributed by atoms with Crippen molar-refractivity contribution in [3.8, 4) is 5.75 Å². The Bertz CT molecular complexity index is 419. The van der Waals surface area contributed by atoms with Gasteiger partial charge in [-0.2, -0.15) is 0 Å². The molecule has 2 N–H and O–H groups in total. The van der Waals surface area contributed by atoms with Gasteiger partial charge in [-0.25, -0.2) is 0 Å². The van der Waals surface area contributed by atoms with Crippen LogP contribution in [0.15, 0.2) is 24.3 Å². The Morgan fingerprint density at radius 3 is 2.43 bits per heavy atom. The van der Waals surface area contributed by atoms with Gasteiger partial charge in [0.05, 0.1) is 19.6 Å². The highest BCUT2D eigenvalue weighted by atomic mass is 16.5. The predicted molar refractivity (Wildman–Crippen MR) is 81.7 cm³/mol. The molecule has 0 aromatic heterocycles. The molecule has 0 spiro atoms. The van der Waals surface area contributed by atoms with Crippen LogP contribution in [-0.4, -0.2) is 53.4 Å². The third-order valence-electron chi connectivity index (χ3n) is 3.43. The van der Waals surface area contributed by atoms with E-state index in [1.54, 1.807) is 0 Å². The standard InChI is InChI=1S/C16H25NO4/c1-3-17(9-10-18)14(12-16(19)20)11-13-5-7-15(8-6-13)21-4-2/h5-8,14,18H,3-4,9-12H2,1-2H3,(H,19,20). The van der Waals surface area contributed by atoms with Crippen LogP contribution in [0, 0.1) is 0 Å². The molecular formula is C16H25NO4. The number of carboxylic acids is 1. The van der Waals surface area contributed by atoms with Crippen molar-refractivity contribution < 1.29 is 19.7 Å². The van der Waals surface area contributed by atoms with Crippen LogP contribution in [0.5, 0.6) is 5.75 Å². The molecule has 0 fully saturated rings. The van der Waals surface area contributed by atoms with E-state index in [1.807, 2.05) is 43.0 Å². The van der Waals surface area contributed by atoms with Crippen molar-refractivity contribution in [1.29, 1.82) is 0 Å². The summed E-state index contributed by atoms with van der Waals surface area (Å²) in [7, 11) is 0. The second-order valence-electron chi connectivity index (χ2n) is 4.88. The molecule has 21 heavy (non-hydrogen) atoms. The maximum Gasteiger partial charge on any atom is 0.304 e. The monoisotopic (exact) mass is 295 g/mol. The number of carboxylic acid groups (broad SMARTS) is 1. The smallest absolute Gasteiger partial charge is 0.304 e. The average Bonchev–Trinajstić information content (AvgIpc) is 2.46. The van der Waals surface area contributed by atoms with Gasteiger partial charge in [0.15, 0.2) is 0 Å². The Hall–Kier alpha value is -1.59. The number of carbonyl (C=O) groups is 1. The minimum absolute atomic E-state index is 0.0350. The summed E-state index contributed by atoms with van der Waals surface area (Å²) in [6, 6.07) is 7.62. The van der Waals surface area contributed by atoms with Crippen molar-refractivity contribution in [2.24, 2.45) is 0 Å². The summed E-state index contributed by atoms with van der Waals surface area (Å²) in [6.07, 6.45) is 0.716. The van der Waals surface area contributed by atoms with Gasteiger partial charge < -0.3 is 14.9 Å². The van der Waals surface area contributed by atoms with Crippen LogP contribution in [-0.2, 0) is 11.2 Å². The predicted octanol–water partition coefficient (Wildman–Crippen LogP) is 1.79. The quantitative estimate of drug-likeness (QED) is 0.688. The van der Waals surface area contributed by atoms with Gasteiger partial charge in [0.2, 0.25) is 0 Å². The van der Waals surface area contributed by atoms with E-state index in [4.69, 9.17) is 14.9 Å². The van der Waals surface area contributed by atoms with Crippen LogP contribution in [0.2, 0.25) is 0 Å². The maximum atomic E-state index is 11.1. The van der Waals surface area contributed by atoms with E-state index in [0.29, 0.717) is 19.6 Å². The number of benzene rings is 1. The van der Waals surface area contributed by atoms with Crippen LogP contribution in [0.4, 0.5) is 0 Å².